The summed E-state index contributed by atoms with van der Waals surface area (Å²) in [6, 6.07) is 16.1. The van der Waals surface area contributed by atoms with Gasteiger partial charge in [0.1, 0.15) is 0 Å². The van der Waals surface area contributed by atoms with Crippen LogP contribution in [0.4, 0.5) is 0 Å². The zero-order valence-corrected chi connectivity index (χ0v) is 15.6. The van der Waals surface area contributed by atoms with E-state index in [1.165, 1.54) is 12.1 Å². The van der Waals surface area contributed by atoms with Crippen LogP contribution in [0.5, 0.6) is 0 Å². The van der Waals surface area contributed by atoms with Crippen LogP contribution in [-0.4, -0.2) is 39.5 Å². The third-order valence-corrected chi connectivity index (χ3v) is 4.94. The van der Waals surface area contributed by atoms with E-state index in [0.29, 0.717) is 32.5 Å². The first kappa shape index (κ1) is 20.1. The Balaban J connectivity index is 1.97. The molecule has 0 spiro atoms. The first-order valence-corrected chi connectivity index (χ1v) is 9.87. The summed E-state index contributed by atoms with van der Waals surface area (Å²) in [4.78, 5) is 14.5. The lowest BCUT2D eigenvalue weighted by Gasteiger charge is -2.22. The van der Waals surface area contributed by atoms with Crippen molar-refractivity contribution in [3.05, 3.63) is 65.7 Å². The molecule has 0 aliphatic carbocycles. The number of primary sulfonamides is 1. The number of nitrogens with zero attached hydrogens (tertiary/aromatic N) is 1. The molecule has 0 aromatic heterocycles. The molecule has 0 aliphatic heterocycles. The zero-order chi connectivity index (χ0) is 19.0. The van der Waals surface area contributed by atoms with Gasteiger partial charge in [-0.1, -0.05) is 42.5 Å². The minimum absolute atomic E-state index is 0.0291. The Morgan fingerprint density at radius 1 is 1.04 bits per heavy atom. The van der Waals surface area contributed by atoms with Gasteiger partial charge < -0.3 is 9.64 Å². The molecule has 0 aliphatic rings. The number of benzene rings is 2. The van der Waals surface area contributed by atoms with Gasteiger partial charge in [0.2, 0.25) is 15.9 Å². The Labute approximate surface area is 154 Å². The van der Waals surface area contributed by atoms with Crippen molar-refractivity contribution in [3.8, 4) is 0 Å². The maximum Gasteiger partial charge on any atom is 0.238 e. The van der Waals surface area contributed by atoms with Gasteiger partial charge in [0, 0.05) is 26.6 Å². The van der Waals surface area contributed by atoms with E-state index in [1.807, 2.05) is 30.3 Å². The zero-order valence-electron chi connectivity index (χ0n) is 14.8. The molecule has 0 heterocycles. The monoisotopic (exact) mass is 376 g/mol. The van der Waals surface area contributed by atoms with Crippen molar-refractivity contribution in [2.75, 3.05) is 20.3 Å². The number of hydrogen-bond acceptors (Lipinski definition) is 4. The van der Waals surface area contributed by atoms with Crippen molar-refractivity contribution in [1.29, 1.82) is 0 Å². The highest BCUT2D eigenvalue weighted by Crippen LogP contribution is 2.12. The van der Waals surface area contributed by atoms with Gasteiger partial charge in [-0.25, -0.2) is 13.6 Å². The van der Waals surface area contributed by atoms with E-state index in [0.717, 1.165) is 11.1 Å². The van der Waals surface area contributed by atoms with Gasteiger partial charge in [-0.05, 0) is 29.7 Å². The van der Waals surface area contributed by atoms with Gasteiger partial charge in [-0.2, -0.15) is 0 Å². The van der Waals surface area contributed by atoms with Crippen LogP contribution in [0.15, 0.2) is 59.5 Å². The van der Waals surface area contributed by atoms with E-state index in [2.05, 4.69) is 0 Å². The van der Waals surface area contributed by atoms with Crippen molar-refractivity contribution < 1.29 is 17.9 Å². The number of ether oxygens (including phenoxy) is 1. The molecule has 2 aromatic rings. The fourth-order valence-corrected chi connectivity index (χ4v) is 3.07. The molecule has 1 amide bonds. The molecule has 0 atom stereocenters. The van der Waals surface area contributed by atoms with Crippen molar-refractivity contribution in [2.24, 2.45) is 5.14 Å². The molecule has 140 valence electrons. The van der Waals surface area contributed by atoms with Crippen LogP contribution in [0.25, 0.3) is 0 Å². The van der Waals surface area contributed by atoms with Gasteiger partial charge >= 0.3 is 0 Å². The molecule has 6 nitrogen and oxygen atoms in total. The van der Waals surface area contributed by atoms with Crippen LogP contribution in [0.3, 0.4) is 0 Å². The molecule has 26 heavy (non-hydrogen) atoms. The molecule has 2 rings (SSSR count). The fourth-order valence-electron chi connectivity index (χ4n) is 2.55. The number of rotatable bonds is 9. The number of carbonyl (C=O) groups is 1. The first-order chi connectivity index (χ1) is 12.4. The largest absolute Gasteiger partial charge is 0.383 e. The highest BCUT2D eigenvalue weighted by molar-refractivity contribution is 7.89. The van der Waals surface area contributed by atoms with Crippen LogP contribution in [-0.2, 0) is 32.5 Å². The molecular formula is C19H24N2O4S. The molecule has 0 unspecified atom stereocenters. The van der Waals surface area contributed by atoms with Crippen molar-refractivity contribution in [3.63, 3.8) is 0 Å². The second kappa shape index (κ2) is 9.47. The summed E-state index contributed by atoms with van der Waals surface area (Å²) in [7, 11) is -2.09. The maximum absolute atomic E-state index is 12.6. The Bertz CT molecular complexity index is 805. The van der Waals surface area contributed by atoms with E-state index in [1.54, 1.807) is 24.1 Å². The third kappa shape index (κ3) is 6.25. The average molecular weight is 376 g/mol. The normalized spacial score (nSPS) is 11.3. The first-order valence-electron chi connectivity index (χ1n) is 8.32. The summed E-state index contributed by atoms with van der Waals surface area (Å²) in [6.07, 6.45) is 0.868. The minimum atomic E-state index is -3.70. The SMILES string of the molecule is COCCN(Cc1ccccc1)C(=O)CCc1ccc(S(N)(=O)=O)cc1. The second-order valence-corrected chi connectivity index (χ2v) is 7.54. The summed E-state index contributed by atoms with van der Waals surface area (Å²) < 4.78 is 27.7. The van der Waals surface area contributed by atoms with Crippen molar-refractivity contribution in [1.82, 2.24) is 4.90 Å². The number of methoxy groups -OCH3 is 1. The van der Waals surface area contributed by atoms with E-state index in [-0.39, 0.29) is 10.8 Å². The van der Waals surface area contributed by atoms with E-state index >= 15 is 0 Å². The fraction of sp³-hybridized carbons (Fsp3) is 0.316. The molecule has 2 aromatic carbocycles. The van der Waals surface area contributed by atoms with Crippen molar-refractivity contribution >= 4 is 15.9 Å². The summed E-state index contributed by atoms with van der Waals surface area (Å²) in [5, 5.41) is 5.09. The number of nitrogens with two attached hydrogens (primary N) is 1. The van der Waals surface area contributed by atoms with Gasteiger partial charge in [0.05, 0.1) is 11.5 Å². The molecule has 0 radical (unpaired) electrons. The highest BCUT2D eigenvalue weighted by Gasteiger charge is 2.14. The standard InChI is InChI=1S/C19H24N2O4S/c1-25-14-13-21(15-17-5-3-2-4-6-17)19(22)12-9-16-7-10-18(11-8-16)26(20,23)24/h2-8,10-11H,9,12-15H2,1H3,(H2,20,23,24). The number of aryl methyl sites for hydroxylation is 1. The van der Waals surface area contributed by atoms with Crippen molar-refractivity contribution in [2.45, 2.75) is 24.3 Å². The Morgan fingerprint density at radius 2 is 1.69 bits per heavy atom. The summed E-state index contributed by atoms with van der Waals surface area (Å²) in [5.74, 6) is 0.0291. The Morgan fingerprint density at radius 3 is 2.27 bits per heavy atom. The number of carbonyl (C=O) groups excluding carboxylic acids is 1. The predicted octanol–water partition coefficient (Wildman–Crippen LogP) is 1.94. The summed E-state index contributed by atoms with van der Waals surface area (Å²) in [6.45, 7) is 1.53. The maximum atomic E-state index is 12.6. The number of amides is 1. The van der Waals surface area contributed by atoms with E-state index in [9.17, 15) is 13.2 Å². The number of sulfonamides is 1. The van der Waals surface area contributed by atoms with Crippen LogP contribution < -0.4 is 5.14 Å². The van der Waals surface area contributed by atoms with Gasteiger partial charge in [0.15, 0.2) is 0 Å². The van der Waals surface area contributed by atoms with Gasteiger partial charge in [-0.3, -0.25) is 4.79 Å². The lowest BCUT2D eigenvalue weighted by atomic mass is 10.1. The average Bonchev–Trinajstić information content (AvgIpc) is 2.63. The van der Waals surface area contributed by atoms with E-state index in [4.69, 9.17) is 9.88 Å². The smallest absolute Gasteiger partial charge is 0.238 e. The lowest BCUT2D eigenvalue weighted by Crippen LogP contribution is -2.33. The quantitative estimate of drug-likeness (QED) is 0.724. The van der Waals surface area contributed by atoms with Gasteiger partial charge in [-0.15, -0.1) is 0 Å². The summed E-state index contributed by atoms with van der Waals surface area (Å²) >= 11 is 0. The topological polar surface area (TPSA) is 89.7 Å². The van der Waals surface area contributed by atoms with Gasteiger partial charge in [0.25, 0.3) is 0 Å². The Kier molecular flexibility index (Phi) is 7.32. The number of hydrogen-bond donors (Lipinski definition) is 1. The lowest BCUT2D eigenvalue weighted by molar-refractivity contribution is -0.132. The predicted molar refractivity (Wildman–Crippen MR) is 99.9 cm³/mol. The van der Waals surface area contributed by atoms with Crippen LogP contribution >= 0.6 is 0 Å². The molecule has 0 saturated carbocycles. The van der Waals surface area contributed by atoms with Crippen LogP contribution in [0, 0.1) is 0 Å². The second-order valence-electron chi connectivity index (χ2n) is 5.98. The molecule has 7 heteroatoms. The Hall–Kier alpha value is -2.22. The molecule has 0 fully saturated rings. The van der Waals surface area contributed by atoms with Crippen LogP contribution in [0.2, 0.25) is 0 Å². The molecular weight excluding hydrogens is 352 g/mol. The third-order valence-electron chi connectivity index (χ3n) is 4.01. The molecule has 0 saturated heterocycles. The molecule has 0 bridgehead atoms. The van der Waals surface area contributed by atoms with E-state index < -0.39 is 10.0 Å². The van der Waals surface area contributed by atoms with Crippen LogP contribution in [0.1, 0.15) is 17.5 Å². The highest BCUT2D eigenvalue weighted by atomic mass is 32.2. The summed E-state index contributed by atoms with van der Waals surface area (Å²) in [5.41, 5.74) is 1.95. The minimum Gasteiger partial charge on any atom is -0.383 e. The molecule has 2 N–H and O–H groups in total.